The summed E-state index contributed by atoms with van der Waals surface area (Å²) in [6, 6.07) is 14.5. The SMILES string of the molecule is O=C(Nc1ccc(Cl)cc1-c1nnn[nH]1)c1ccc2cc(F)ccc2c1. The summed E-state index contributed by atoms with van der Waals surface area (Å²) in [5, 5.41) is 18.4. The number of anilines is 1. The van der Waals surface area contributed by atoms with Gasteiger partial charge in [0.2, 0.25) is 0 Å². The molecule has 0 spiro atoms. The monoisotopic (exact) mass is 367 g/mol. The minimum absolute atomic E-state index is 0.313. The number of rotatable bonds is 3. The molecule has 26 heavy (non-hydrogen) atoms. The molecule has 0 fully saturated rings. The Morgan fingerprint density at radius 2 is 1.85 bits per heavy atom. The molecule has 0 atom stereocenters. The molecule has 1 aromatic heterocycles. The number of benzene rings is 3. The van der Waals surface area contributed by atoms with Crippen LogP contribution >= 0.6 is 11.6 Å². The maximum absolute atomic E-state index is 13.3. The van der Waals surface area contributed by atoms with Crippen molar-refractivity contribution in [3.63, 3.8) is 0 Å². The van der Waals surface area contributed by atoms with Gasteiger partial charge in [0.15, 0.2) is 5.82 Å². The molecule has 3 aromatic carbocycles. The fourth-order valence-electron chi connectivity index (χ4n) is 2.65. The first-order chi connectivity index (χ1) is 12.6. The van der Waals surface area contributed by atoms with Gasteiger partial charge in [-0.2, -0.15) is 0 Å². The summed E-state index contributed by atoms with van der Waals surface area (Å²) in [6.45, 7) is 0. The third-order valence-corrected chi connectivity index (χ3v) is 4.13. The van der Waals surface area contributed by atoms with Gasteiger partial charge < -0.3 is 5.32 Å². The molecule has 0 aliphatic carbocycles. The highest BCUT2D eigenvalue weighted by molar-refractivity contribution is 6.31. The van der Waals surface area contributed by atoms with E-state index in [1.807, 2.05) is 0 Å². The van der Waals surface area contributed by atoms with Gasteiger partial charge in [0.05, 0.1) is 5.69 Å². The quantitative estimate of drug-likeness (QED) is 0.572. The number of hydrogen-bond acceptors (Lipinski definition) is 4. The lowest BCUT2D eigenvalue weighted by Gasteiger charge is -2.10. The Labute approximate surface area is 152 Å². The summed E-state index contributed by atoms with van der Waals surface area (Å²) in [4.78, 5) is 12.7. The molecule has 0 bridgehead atoms. The Hall–Kier alpha value is -3.32. The first-order valence-electron chi connectivity index (χ1n) is 7.64. The Bertz CT molecular complexity index is 1110. The average molecular weight is 368 g/mol. The molecule has 128 valence electrons. The molecule has 0 aliphatic rings. The molecule has 1 amide bonds. The van der Waals surface area contributed by atoms with E-state index in [4.69, 9.17) is 11.6 Å². The number of tetrazole rings is 1. The van der Waals surface area contributed by atoms with Crippen LogP contribution in [0.25, 0.3) is 22.2 Å². The van der Waals surface area contributed by atoms with Crippen LogP contribution in [0.2, 0.25) is 5.02 Å². The van der Waals surface area contributed by atoms with Gasteiger partial charge in [-0.05, 0) is 63.7 Å². The van der Waals surface area contributed by atoms with E-state index in [0.717, 1.165) is 10.8 Å². The fourth-order valence-corrected chi connectivity index (χ4v) is 2.82. The van der Waals surface area contributed by atoms with E-state index in [1.165, 1.54) is 12.1 Å². The van der Waals surface area contributed by atoms with Gasteiger partial charge >= 0.3 is 0 Å². The van der Waals surface area contributed by atoms with Crippen LogP contribution in [-0.4, -0.2) is 26.5 Å². The van der Waals surface area contributed by atoms with Crippen molar-refractivity contribution < 1.29 is 9.18 Å². The van der Waals surface area contributed by atoms with Crippen molar-refractivity contribution in [2.45, 2.75) is 0 Å². The minimum Gasteiger partial charge on any atom is -0.321 e. The largest absolute Gasteiger partial charge is 0.321 e. The Morgan fingerprint density at radius 1 is 1.04 bits per heavy atom. The molecule has 0 unspecified atom stereocenters. The van der Waals surface area contributed by atoms with E-state index in [0.29, 0.717) is 27.7 Å². The first kappa shape index (κ1) is 16.2. The van der Waals surface area contributed by atoms with Crippen molar-refractivity contribution in [1.82, 2.24) is 20.6 Å². The number of carbonyl (C=O) groups is 1. The van der Waals surface area contributed by atoms with E-state index >= 15 is 0 Å². The number of nitrogens with one attached hydrogen (secondary N) is 2. The Morgan fingerprint density at radius 3 is 2.65 bits per heavy atom. The maximum atomic E-state index is 13.3. The van der Waals surface area contributed by atoms with Gasteiger partial charge in [0.1, 0.15) is 5.82 Å². The lowest BCUT2D eigenvalue weighted by molar-refractivity contribution is 0.102. The van der Waals surface area contributed by atoms with Crippen molar-refractivity contribution in [2.75, 3.05) is 5.32 Å². The van der Waals surface area contributed by atoms with Gasteiger partial charge in [-0.3, -0.25) is 4.79 Å². The van der Waals surface area contributed by atoms with Crippen LogP contribution in [-0.2, 0) is 0 Å². The zero-order valence-electron chi connectivity index (χ0n) is 13.2. The molecule has 0 aliphatic heterocycles. The number of amides is 1. The van der Waals surface area contributed by atoms with E-state index in [9.17, 15) is 9.18 Å². The summed E-state index contributed by atoms with van der Waals surface area (Å²) in [5.41, 5.74) is 1.52. The highest BCUT2D eigenvalue weighted by Crippen LogP contribution is 2.28. The van der Waals surface area contributed by atoms with Gasteiger partial charge in [0, 0.05) is 16.1 Å². The van der Waals surface area contributed by atoms with E-state index in [2.05, 4.69) is 25.9 Å². The topological polar surface area (TPSA) is 83.6 Å². The lowest BCUT2D eigenvalue weighted by atomic mass is 10.1. The molecular weight excluding hydrogens is 357 g/mol. The Balaban J connectivity index is 1.68. The first-order valence-corrected chi connectivity index (χ1v) is 8.02. The summed E-state index contributed by atoms with van der Waals surface area (Å²) < 4.78 is 13.3. The average Bonchev–Trinajstić information content (AvgIpc) is 3.17. The Kier molecular flexibility index (Phi) is 4.06. The zero-order valence-corrected chi connectivity index (χ0v) is 14.0. The number of halogens is 2. The van der Waals surface area contributed by atoms with Crippen LogP contribution in [0.5, 0.6) is 0 Å². The van der Waals surface area contributed by atoms with Gasteiger partial charge in [-0.25, -0.2) is 9.49 Å². The van der Waals surface area contributed by atoms with Crippen LogP contribution in [0.15, 0.2) is 54.6 Å². The van der Waals surface area contributed by atoms with E-state index < -0.39 is 0 Å². The normalized spacial score (nSPS) is 10.8. The zero-order chi connectivity index (χ0) is 18.1. The van der Waals surface area contributed by atoms with Crippen LogP contribution in [0.1, 0.15) is 10.4 Å². The number of nitrogens with zero attached hydrogens (tertiary/aromatic N) is 3. The molecule has 6 nitrogen and oxygen atoms in total. The third kappa shape index (κ3) is 3.12. The van der Waals surface area contributed by atoms with Crippen molar-refractivity contribution >= 4 is 34.0 Å². The van der Waals surface area contributed by atoms with Crippen molar-refractivity contribution in [1.29, 1.82) is 0 Å². The highest BCUT2D eigenvalue weighted by Gasteiger charge is 2.14. The third-order valence-electron chi connectivity index (χ3n) is 3.89. The van der Waals surface area contributed by atoms with Crippen LogP contribution in [0.3, 0.4) is 0 Å². The smallest absolute Gasteiger partial charge is 0.255 e. The number of H-pyrrole nitrogens is 1. The second-order valence-corrected chi connectivity index (χ2v) is 6.04. The van der Waals surface area contributed by atoms with Crippen molar-refractivity contribution in [3.8, 4) is 11.4 Å². The van der Waals surface area contributed by atoms with E-state index in [1.54, 1.807) is 42.5 Å². The summed E-state index contributed by atoms with van der Waals surface area (Å²) in [7, 11) is 0. The molecule has 2 N–H and O–H groups in total. The molecule has 0 saturated heterocycles. The second-order valence-electron chi connectivity index (χ2n) is 5.60. The van der Waals surface area contributed by atoms with Crippen LogP contribution in [0, 0.1) is 5.82 Å². The van der Waals surface area contributed by atoms with Gasteiger partial charge in [-0.1, -0.05) is 23.7 Å². The van der Waals surface area contributed by atoms with Crippen molar-refractivity contribution in [2.24, 2.45) is 0 Å². The second kappa shape index (κ2) is 6.53. The van der Waals surface area contributed by atoms with Crippen molar-refractivity contribution in [3.05, 3.63) is 71.0 Å². The molecule has 1 heterocycles. The summed E-state index contributed by atoms with van der Waals surface area (Å²) in [6.07, 6.45) is 0. The molecule has 0 radical (unpaired) electrons. The minimum atomic E-state index is -0.318. The molecule has 8 heteroatoms. The predicted molar refractivity (Wildman–Crippen MR) is 96.5 cm³/mol. The molecule has 4 aromatic rings. The molecule has 0 saturated carbocycles. The summed E-state index contributed by atoms with van der Waals surface area (Å²) >= 11 is 6.04. The summed E-state index contributed by atoms with van der Waals surface area (Å²) in [5.74, 6) is -0.245. The molecular formula is C18H11ClFN5O. The molecule has 4 rings (SSSR count). The number of aromatic nitrogens is 4. The van der Waals surface area contributed by atoms with Crippen LogP contribution < -0.4 is 5.32 Å². The van der Waals surface area contributed by atoms with Gasteiger partial charge in [0.25, 0.3) is 5.91 Å². The van der Waals surface area contributed by atoms with Crippen LogP contribution in [0.4, 0.5) is 10.1 Å². The number of aromatic amines is 1. The van der Waals surface area contributed by atoms with Gasteiger partial charge in [-0.15, -0.1) is 5.10 Å². The maximum Gasteiger partial charge on any atom is 0.255 e. The standard InChI is InChI=1S/C18H11ClFN5O/c19-13-4-6-16(15(9-13)17-22-24-25-23-17)21-18(26)12-2-1-11-8-14(20)5-3-10(11)7-12/h1-9H,(H,21,26)(H,22,23,24,25). The predicted octanol–water partition coefficient (Wildman–Crippen LogP) is 4.06. The lowest BCUT2D eigenvalue weighted by Crippen LogP contribution is -2.12. The number of carbonyl (C=O) groups excluding carboxylic acids is 1. The number of hydrogen-bond donors (Lipinski definition) is 2. The highest BCUT2D eigenvalue weighted by atomic mass is 35.5. The van der Waals surface area contributed by atoms with E-state index in [-0.39, 0.29) is 11.7 Å². The fraction of sp³-hybridized carbons (Fsp3) is 0. The number of fused-ring (bicyclic) bond motifs is 1.